The van der Waals surface area contributed by atoms with Crippen molar-refractivity contribution in [2.75, 3.05) is 24.6 Å². The van der Waals surface area contributed by atoms with Gasteiger partial charge in [0.1, 0.15) is 5.82 Å². The van der Waals surface area contributed by atoms with Gasteiger partial charge in [-0.25, -0.2) is 4.98 Å². The van der Waals surface area contributed by atoms with Crippen LogP contribution in [0.5, 0.6) is 0 Å². The first-order valence-corrected chi connectivity index (χ1v) is 13.9. The second kappa shape index (κ2) is 10.5. The first-order chi connectivity index (χ1) is 17.3. The number of hydrogen-bond donors (Lipinski definition) is 1. The minimum Gasteiger partial charge on any atom is -0.341 e. The number of aliphatic imine (C=N–C) groups is 1. The maximum Gasteiger partial charge on any atom is 0.121 e. The minimum absolute atomic E-state index is 0.330. The smallest absolute Gasteiger partial charge is 0.121 e. The summed E-state index contributed by atoms with van der Waals surface area (Å²) in [4.78, 5) is 18.3. The molecule has 0 amide bonds. The molecular weight excluding hydrogens is 450 g/mol. The molecule has 3 aliphatic rings. The molecular formula is C29H33N5S. The molecule has 1 N–H and O–H groups in total. The lowest BCUT2D eigenvalue weighted by Gasteiger charge is -2.34. The van der Waals surface area contributed by atoms with E-state index in [4.69, 9.17) is 4.98 Å². The van der Waals surface area contributed by atoms with E-state index in [2.05, 4.69) is 98.3 Å². The molecule has 1 fully saturated rings. The fourth-order valence-electron chi connectivity index (χ4n) is 5.40. The number of aromatic nitrogens is 2. The Labute approximate surface area is 212 Å². The van der Waals surface area contributed by atoms with Crippen molar-refractivity contribution in [1.82, 2.24) is 19.8 Å². The van der Waals surface area contributed by atoms with E-state index < -0.39 is 0 Å². The monoisotopic (exact) mass is 483 g/mol. The predicted octanol–water partition coefficient (Wildman–Crippen LogP) is 5.21. The van der Waals surface area contributed by atoms with E-state index in [1.807, 2.05) is 6.21 Å². The summed E-state index contributed by atoms with van der Waals surface area (Å²) in [5, 5.41) is 0. The van der Waals surface area contributed by atoms with E-state index >= 15 is 0 Å². The fourth-order valence-corrected chi connectivity index (χ4v) is 6.38. The molecule has 35 heavy (non-hydrogen) atoms. The number of nitrogens with zero attached hydrogens (tertiary/aromatic N) is 4. The summed E-state index contributed by atoms with van der Waals surface area (Å²) >= 11 is 2.07. The molecule has 3 heterocycles. The van der Waals surface area contributed by atoms with Gasteiger partial charge in [0.2, 0.25) is 0 Å². The molecule has 1 aliphatic carbocycles. The van der Waals surface area contributed by atoms with Crippen LogP contribution in [0.1, 0.15) is 29.8 Å². The summed E-state index contributed by atoms with van der Waals surface area (Å²) in [6.07, 6.45) is 10.9. The molecule has 180 valence electrons. The summed E-state index contributed by atoms with van der Waals surface area (Å²) in [6.45, 7) is 5.17. The highest BCUT2D eigenvalue weighted by Gasteiger charge is 2.27. The van der Waals surface area contributed by atoms with Crippen molar-refractivity contribution < 1.29 is 0 Å². The van der Waals surface area contributed by atoms with Crippen LogP contribution in [0.3, 0.4) is 0 Å². The first kappa shape index (κ1) is 22.8. The summed E-state index contributed by atoms with van der Waals surface area (Å²) in [7, 11) is 0. The maximum atomic E-state index is 4.89. The Morgan fingerprint density at radius 2 is 1.80 bits per heavy atom. The van der Waals surface area contributed by atoms with Crippen molar-refractivity contribution in [1.29, 1.82) is 0 Å². The van der Waals surface area contributed by atoms with Gasteiger partial charge in [-0.3, -0.25) is 14.8 Å². The predicted molar refractivity (Wildman–Crippen MR) is 147 cm³/mol. The van der Waals surface area contributed by atoms with Crippen LogP contribution in [0.4, 0.5) is 0 Å². The molecule has 6 rings (SSSR count). The Bertz CT molecular complexity index is 1200. The van der Waals surface area contributed by atoms with E-state index in [1.54, 1.807) is 0 Å². The van der Waals surface area contributed by atoms with Gasteiger partial charge < -0.3 is 4.98 Å². The Kier molecular flexibility index (Phi) is 6.85. The summed E-state index contributed by atoms with van der Waals surface area (Å²) in [5.41, 5.74) is 6.27. The number of allylic oxidation sites excluding steroid dienone is 1. The van der Waals surface area contributed by atoms with Gasteiger partial charge >= 0.3 is 0 Å². The zero-order valence-corrected chi connectivity index (χ0v) is 21.0. The lowest BCUT2D eigenvalue weighted by molar-refractivity contribution is 0.188. The number of aromatic amines is 1. The highest BCUT2D eigenvalue weighted by Crippen LogP contribution is 2.29. The summed E-state index contributed by atoms with van der Waals surface area (Å²) in [5.74, 6) is 3.55. The van der Waals surface area contributed by atoms with Crippen LogP contribution in [0, 0.1) is 0 Å². The van der Waals surface area contributed by atoms with Crippen LogP contribution in [-0.4, -0.2) is 62.7 Å². The van der Waals surface area contributed by atoms with Crippen molar-refractivity contribution in [3.05, 3.63) is 89.3 Å². The standard InChI is InChI=1S/C29H33N5S/c1-2-6-28-27(5-1)31-29(32-28)21-34(25-11-12-26-24(18-25)4-3-13-30-26)20-23-9-7-22(8-10-23)19-33-14-16-35-17-15-33/h1-10,13,18,25-26H,11-12,14-17,19-21H2,(H,31,32). The number of benzene rings is 2. The molecule has 2 atom stereocenters. The second-order valence-corrected chi connectivity index (χ2v) is 11.0. The van der Waals surface area contributed by atoms with Gasteiger partial charge in [0, 0.05) is 49.9 Å². The van der Waals surface area contributed by atoms with Crippen molar-refractivity contribution in [2.24, 2.45) is 4.99 Å². The SMILES string of the molecule is C1=CC2=CC(N(Cc3ccc(CN4CCSCC4)cc3)Cc3nc4ccccc4[nH]3)CCC2N=C1. The number of rotatable bonds is 7. The Morgan fingerprint density at radius 3 is 2.66 bits per heavy atom. The van der Waals surface area contributed by atoms with Gasteiger partial charge in [-0.15, -0.1) is 0 Å². The summed E-state index contributed by atoms with van der Waals surface area (Å²) < 4.78 is 0. The Morgan fingerprint density at radius 1 is 0.971 bits per heavy atom. The molecule has 6 heteroatoms. The van der Waals surface area contributed by atoms with Gasteiger partial charge in [0.15, 0.2) is 0 Å². The van der Waals surface area contributed by atoms with Crippen molar-refractivity contribution in [3.63, 3.8) is 0 Å². The molecule has 0 saturated carbocycles. The number of nitrogens with one attached hydrogen (secondary N) is 1. The van der Waals surface area contributed by atoms with Crippen LogP contribution < -0.4 is 0 Å². The average Bonchev–Trinajstić information content (AvgIpc) is 3.32. The van der Waals surface area contributed by atoms with Crippen LogP contribution in [0.25, 0.3) is 11.0 Å². The highest BCUT2D eigenvalue weighted by molar-refractivity contribution is 7.99. The van der Waals surface area contributed by atoms with Gasteiger partial charge in [0.25, 0.3) is 0 Å². The Hall–Kier alpha value is -2.67. The number of imidazole rings is 1. The largest absolute Gasteiger partial charge is 0.341 e. The average molecular weight is 484 g/mol. The van der Waals surface area contributed by atoms with Crippen molar-refractivity contribution >= 4 is 29.0 Å². The van der Waals surface area contributed by atoms with E-state index in [0.717, 1.165) is 49.3 Å². The maximum absolute atomic E-state index is 4.89. The van der Waals surface area contributed by atoms with E-state index in [-0.39, 0.29) is 0 Å². The normalized spacial score (nSPS) is 22.5. The molecule has 0 spiro atoms. The van der Waals surface area contributed by atoms with Crippen molar-refractivity contribution in [3.8, 4) is 0 Å². The molecule has 0 bridgehead atoms. The number of para-hydroxylation sites is 2. The molecule has 2 aromatic carbocycles. The van der Waals surface area contributed by atoms with Crippen LogP contribution in [0.15, 0.2) is 77.3 Å². The highest BCUT2D eigenvalue weighted by atomic mass is 32.2. The molecule has 2 unspecified atom stereocenters. The third-order valence-electron chi connectivity index (χ3n) is 7.33. The number of fused-ring (bicyclic) bond motifs is 2. The van der Waals surface area contributed by atoms with E-state index in [0.29, 0.717) is 12.1 Å². The number of dihydropyridines is 1. The van der Waals surface area contributed by atoms with Crippen LogP contribution >= 0.6 is 11.8 Å². The van der Waals surface area contributed by atoms with E-state index in [9.17, 15) is 0 Å². The lowest BCUT2D eigenvalue weighted by atomic mass is 9.89. The number of thioether (sulfide) groups is 1. The van der Waals surface area contributed by atoms with Crippen LogP contribution in [0.2, 0.25) is 0 Å². The van der Waals surface area contributed by atoms with E-state index in [1.165, 1.54) is 41.3 Å². The topological polar surface area (TPSA) is 47.5 Å². The van der Waals surface area contributed by atoms with Gasteiger partial charge in [0.05, 0.1) is 23.6 Å². The van der Waals surface area contributed by atoms with Gasteiger partial charge in [-0.2, -0.15) is 11.8 Å². The number of hydrogen-bond acceptors (Lipinski definition) is 5. The quantitative estimate of drug-likeness (QED) is 0.501. The molecule has 1 saturated heterocycles. The lowest BCUT2D eigenvalue weighted by Crippen LogP contribution is -2.37. The van der Waals surface area contributed by atoms with Crippen LogP contribution in [-0.2, 0) is 19.6 Å². The second-order valence-electron chi connectivity index (χ2n) is 9.80. The molecule has 0 radical (unpaired) electrons. The fraction of sp³-hybridized carbons (Fsp3) is 0.379. The zero-order chi connectivity index (χ0) is 23.5. The Balaban J connectivity index is 1.21. The molecule has 1 aromatic heterocycles. The first-order valence-electron chi connectivity index (χ1n) is 12.8. The molecule has 2 aliphatic heterocycles. The molecule has 5 nitrogen and oxygen atoms in total. The summed E-state index contributed by atoms with van der Waals surface area (Å²) in [6, 6.07) is 18.3. The molecule has 3 aromatic rings. The number of H-pyrrole nitrogens is 1. The minimum atomic E-state index is 0.330. The third kappa shape index (κ3) is 5.45. The third-order valence-corrected chi connectivity index (χ3v) is 8.27. The zero-order valence-electron chi connectivity index (χ0n) is 20.1. The van der Waals surface area contributed by atoms with Crippen molar-refractivity contribution in [2.45, 2.75) is 44.6 Å². The van der Waals surface area contributed by atoms with Gasteiger partial charge in [-0.1, -0.05) is 48.6 Å². The van der Waals surface area contributed by atoms with Gasteiger partial charge in [-0.05, 0) is 47.8 Å².